The molecule has 2 rings (SSSR count). The van der Waals surface area contributed by atoms with Crippen LogP contribution >= 0.6 is 0 Å². The Morgan fingerprint density at radius 3 is 2.43 bits per heavy atom. The van der Waals surface area contributed by atoms with Crippen molar-refractivity contribution in [3.63, 3.8) is 0 Å². The highest BCUT2D eigenvalue weighted by molar-refractivity contribution is 5.31. The fourth-order valence-electron chi connectivity index (χ4n) is 3.25. The summed E-state index contributed by atoms with van der Waals surface area (Å²) in [5.74, 6) is 0.554. The fourth-order valence-corrected chi connectivity index (χ4v) is 3.25. The van der Waals surface area contributed by atoms with Gasteiger partial charge >= 0.3 is 0 Å². The van der Waals surface area contributed by atoms with Crippen molar-refractivity contribution < 1.29 is 5.11 Å². The van der Waals surface area contributed by atoms with Crippen molar-refractivity contribution in [2.24, 2.45) is 5.92 Å². The average Bonchev–Trinajstić information content (AvgIpc) is 2.57. The lowest BCUT2D eigenvalue weighted by Crippen LogP contribution is -2.47. The molecule has 2 N–H and O–H groups in total. The van der Waals surface area contributed by atoms with E-state index in [0.717, 1.165) is 44.5 Å². The Morgan fingerprint density at radius 1 is 1.26 bits per heavy atom. The van der Waals surface area contributed by atoms with Crippen LogP contribution in [0.1, 0.15) is 44.2 Å². The predicted octanol–water partition coefficient (Wildman–Crippen LogP) is 2.52. The number of aliphatic hydroxyl groups is 1. The highest BCUT2D eigenvalue weighted by Crippen LogP contribution is 2.17. The molecule has 0 saturated carbocycles. The van der Waals surface area contributed by atoms with Crippen LogP contribution in [0.25, 0.3) is 0 Å². The summed E-state index contributed by atoms with van der Waals surface area (Å²) >= 11 is 0. The topological polar surface area (TPSA) is 59.3 Å². The van der Waals surface area contributed by atoms with Crippen LogP contribution in [0, 0.1) is 17.2 Å². The molecule has 1 aliphatic heterocycles. The maximum absolute atomic E-state index is 9.19. The maximum atomic E-state index is 9.19. The second kappa shape index (κ2) is 9.02. The van der Waals surface area contributed by atoms with Gasteiger partial charge in [0.25, 0.3) is 0 Å². The number of nitrogens with zero attached hydrogens (tertiary/aromatic N) is 2. The van der Waals surface area contributed by atoms with Crippen molar-refractivity contribution in [1.29, 1.82) is 5.26 Å². The molecule has 0 radical (unpaired) electrons. The average molecular weight is 315 g/mol. The first-order valence-electron chi connectivity index (χ1n) is 8.70. The van der Waals surface area contributed by atoms with Gasteiger partial charge in [-0.15, -0.1) is 0 Å². The van der Waals surface area contributed by atoms with Gasteiger partial charge < -0.3 is 10.4 Å². The summed E-state index contributed by atoms with van der Waals surface area (Å²) < 4.78 is 0. The van der Waals surface area contributed by atoms with Gasteiger partial charge in [-0.25, -0.2) is 0 Å². The van der Waals surface area contributed by atoms with Crippen LogP contribution in [0.5, 0.6) is 0 Å². The second-order valence-corrected chi connectivity index (χ2v) is 6.89. The fraction of sp³-hybridized carbons (Fsp3) is 0.632. The van der Waals surface area contributed by atoms with E-state index in [1.807, 2.05) is 12.1 Å². The summed E-state index contributed by atoms with van der Waals surface area (Å²) in [6.45, 7) is 7.85. The molecule has 0 bridgehead atoms. The summed E-state index contributed by atoms with van der Waals surface area (Å²) in [7, 11) is 0. The van der Waals surface area contributed by atoms with E-state index in [1.165, 1.54) is 5.56 Å². The minimum atomic E-state index is 0.257. The van der Waals surface area contributed by atoms with E-state index in [9.17, 15) is 5.11 Å². The number of benzene rings is 1. The highest BCUT2D eigenvalue weighted by Gasteiger charge is 2.22. The van der Waals surface area contributed by atoms with Gasteiger partial charge in [-0.1, -0.05) is 26.0 Å². The molecule has 4 nitrogen and oxygen atoms in total. The van der Waals surface area contributed by atoms with Crippen molar-refractivity contribution in [2.75, 3.05) is 19.7 Å². The smallest absolute Gasteiger partial charge is 0.0991 e. The van der Waals surface area contributed by atoms with Gasteiger partial charge in [-0.2, -0.15) is 5.26 Å². The van der Waals surface area contributed by atoms with E-state index in [4.69, 9.17) is 5.26 Å². The first-order chi connectivity index (χ1) is 11.1. The maximum Gasteiger partial charge on any atom is 0.0991 e. The Bertz CT molecular complexity index is 498. The van der Waals surface area contributed by atoms with Gasteiger partial charge in [0.15, 0.2) is 0 Å². The van der Waals surface area contributed by atoms with Crippen LogP contribution in [0.15, 0.2) is 24.3 Å². The quantitative estimate of drug-likeness (QED) is 0.812. The Hall–Kier alpha value is -1.41. The van der Waals surface area contributed by atoms with Gasteiger partial charge in [-0.05, 0) is 56.0 Å². The zero-order valence-electron chi connectivity index (χ0n) is 14.3. The molecule has 0 aromatic heterocycles. The van der Waals surface area contributed by atoms with Crippen LogP contribution in [-0.2, 0) is 6.54 Å². The summed E-state index contributed by atoms with van der Waals surface area (Å²) in [6.07, 6.45) is 3.15. The molecule has 1 unspecified atom stereocenters. The Morgan fingerprint density at radius 2 is 1.91 bits per heavy atom. The van der Waals surface area contributed by atoms with Gasteiger partial charge in [0.05, 0.1) is 11.6 Å². The molecule has 4 heteroatoms. The summed E-state index contributed by atoms with van der Waals surface area (Å²) in [4.78, 5) is 2.48. The van der Waals surface area contributed by atoms with E-state index >= 15 is 0 Å². The number of likely N-dealkylation sites (tertiary alicyclic amines) is 1. The highest BCUT2D eigenvalue weighted by atomic mass is 16.3. The molecule has 126 valence electrons. The zero-order chi connectivity index (χ0) is 16.7. The largest absolute Gasteiger partial charge is 0.396 e. The van der Waals surface area contributed by atoms with Crippen LogP contribution in [-0.4, -0.2) is 41.8 Å². The van der Waals surface area contributed by atoms with Crippen LogP contribution in [0.3, 0.4) is 0 Å². The molecule has 1 fully saturated rings. The molecule has 0 spiro atoms. The van der Waals surface area contributed by atoms with E-state index in [0.29, 0.717) is 18.0 Å². The van der Waals surface area contributed by atoms with Crippen molar-refractivity contribution in [3.05, 3.63) is 35.4 Å². The van der Waals surface area contributed by atoms with Gasteiger partial charge in [0, 0.05) is 25.2 Å². The number of aliphatic hydroxyl groups excluding tert-OH is 1. The Kier molecular flexibility index (Phi) is 7.04. The monoisotopic (exact) mass is 315 g/mol. The van der Waals surface area contributed by atoms with Crippen molar-refractivity contribution in [3.8, 4) is 6.07 Å². The first kappa shape index (κ1) is 17.9. The SMILES string of the molecule is CC(C)C(CCO)NC1CCN(Cc2ccc(C#N)cc2)CC1. The minimum absolute atomic E-state index is 0.257. The molecule has 1 heterocycles. The molecule has 1 aromatic carbocycles. The van der Waals surface area contributed by atoms with Crippen LogP contribution < -0.4 is 5.32 Å². The molecule has 23 heavy (non-hydrogen) atoms. The molecule has 1 saturated heterocycles. The Balaban J connectivity index is 1.78. The summed E-state index contributed by atoms with van der Waals surface area (Å²) in [6, 6.07) is 11.0. The zero-order valence-corrected chi connectivity index (χ0v) is 14.3. The minimum Gasteiger partial charge on any atom is -0.396 e. The van der Waals surface area contributed by atoms with Gasteiger partial charge in [-0.3, -0.25) is 4.90 Å². The number of nitrogens with one attached hydrogen (secondary N) is 1. The molecule has 1 aromatic rings. The third-order valence-electron chi connectivity index (χ3n) is 4.77. The predicted molar refractivity (Wildman–Crippen MR) is 92.9 cm³/mol. The van der Waals surface area contributed by atoms with Crippen molar-refractivity contribution in [2.45, 2.75) is 51.7 Å². The number of rotatable bonds is 7. The van der Waals surface area contributed by atoms with Gasteiger partial charge in [0.1, 0.15) is 0 Å². The summed E-state index contributed by atoms with van der Waals surface area (Å²) in [5.41, 5.74) is 2.00. The first-order valence-corrected chi connectivity index (χ1v) is 8.70. The molecular weight excluding hydrogens is 286 g/mol. The van der Waals surface area contributed by atoms with Crippen LogP contribution in [0.2, 0.25) is 0 Å². The van der Waals surface area contributed by atoms with E-state index in [1.54, 1.807) is 0 Å². The lowest BCUT2D eigenvalue weighted by Gasteiger charge is -2.35. The number of piperidine rings is 1. The molecule has 1 aliphatic rings. The number of hydrogen-bond acceptors (Lipinski definition) is 4. The van der Waals surface area contributed by atoms with Crippen molar-refractivity contribution >= 4 is 0 Å². The lowest BCUT2D eigenvalue weighted by molar-refractivity contribution is 0.167. The number of hydrogen-bond donors (Lipinski definition) is 2. The Labute approximate surface area is 140 Å². The molecule has 0 amide bonds. The summed E-state index contributed by atoms with van der Waals surface area (Å²) in [5, 5.41) is 21.8. The molecule has 1 atom stereocenters. The normalized spacial score (nSPS) is 18.0. The molecular formula is C19H29N3O. The van der Waals surface area contributed by atoms with Crippen molar-refractivity contribution in [1.82, 2.24) is 10.2 Å². The van der Waals surface area contributed by atoms with E-state index < -0.39 is 0 Å². The van der Waals surface area contributed by atoms with Crippen LogP contribution in [0.4, 0.5) is 0 Å². The van der Waals surface area contributed by atoms with Gasteiger partial charge in [0.2, 0.25) is 0 Å². The van der Waals surface area contributed by atoms with E-state index in [2.05, 4.69) is 42.3 Å². The molecule has 0 aliphatic carbocycles. The number of nitriles is 1. The second-order valence-electron chi connectivity index (χ2n) is 6.89. The third-order valence-corrected chi connectivity index (χ3v) is 4.77. The third kappa shape index (κ3) is 5.62. The van der Waals surface area contributed by atoms with E-state index in [-0.39, 0.29) is 6.61 Å². The lowest BCUT2D eigenvalue weighted by atomic mass is 9.97. The standard InChI is InChI=1S/C19H29N3O/c1-15(2)19(9-12-23)21-18-7-10-22(11-8-18)14-17-5-3-16(13-20)4-6-17/h3-6,15,18-19,21,23H,7-12,14H2,1-2H3.